The van der Waals surface area contributed by atoms with Crippen LogP contribution >= 0.6 is 0 Å². The van der Waals surface area contributed by atoms with Gasteiger partial charge in [0, 0.05) is 50.5 Å². The van der Waals surface area contributed by atoms with Gasteiger partial charge in [-0.05, 0) is 136 Å². The van der Waals surface area contributed by atoms with Crippen LogP contribution < -0.4 is 60.3 Å². The first-order chi connectivity index (χ1) is 59.8. The predicted octanol–water partition coefficient (Wildman–Crippen LogP) is 14.8. The van der Waals surface area contributed by atoms with Crippen molar-refractivity contribution < 1.29 is 85.8 Å². The van der Waals surface area contributed by atoms with Crippen LogP contribution in [0, 0.1) is 35.5 Å². The van der Waals surface area contributed by atoms with Crippen LogP contribution in [0.4, 0.5) is 0 Å². The Morgan fingerprint density at radius 1 is 0.387 bits per heavy atom. The van der Waals surface area contributed by atoms with E-state index >= 15 is 0 Å². The lowest BCUT2D eigenvalue weighted by Crippen LogP contribution is -2.40. The maximum Gasteiger partial charge on any atom is 0.325 e. The molecule has 30 heteroatoms. The van der Waals surface area contributed by atoms with Crippen molar-refractivity contribution >= 4 is 53.4 Å². The van der Waals surface area contributed by atoms with Crippen molar-refractivity contribution in [3.8, 4) is 68.3 Å². The molecule has 3 fully saturated rings. The molecule has 0 aliphatic heterocycles. The van der Waals surface area contributed by atoms with Gasteiger partial charge in [0.15, 0.2) is 17.1 Å². The average Bonchev–Trinajstić information content (AvgIpc) is 1.62. The zero-order valence-corrected chi connectivity index (χ0v) is 76.4. The van der Waals surface area contributed by atoms with E-state index in [-0.39, 0.29) is 103 Å². The lowest BCUT2D eigenvalue weighted by atomic mass is 9.85. The summed E-state index contributed by atoms with van der Waals surface area (Å²) in [5.74, 6) is 2.89. The molecule has 3 aliphatic rings. The molecule has 0 radical (unpaired) electrons. The van der Waals surface area contributed by atoms with Crippen LogP contribution in [0.3, 0.4) is 0 Å². The Labute approximate surface area is 733 Å². The highest BCUT2D eigenvalue weighted by atomic mass is 16.5. The number of carbonyl (C=O) groups is 9. The summed E-state index contributed by atoms with van der Waals surface area (Å²) in [4.78, 5) is 113. The molecule has 684 valence electrons. The molecule has 124 heavy (non-hydrogen) atoms. The summed E-state index contributed by atoms with van der Waals surface area (Å²) in [6.07, 6.45) is 26.1. The maximum absolute atomic E-state index is 13.7. The molecule has 3 heterocycles. The number of hydrogen-bond acceptors (Lipinski definition) is 21. The van der Waals surface area contributed by atoms with E-state index in [9.17, 15) is 43.2 Å². The minimum Gasteiger partial charge on any atom is -0.496 e. The van der Waals surface area contributed by atoms with Crippen LogP contribution in [0.1, 0.15) is 259 Å². The molecule has 3 aliphatic carbocycles. The standard InChI is InChI=1S/C32H48N4O6.2C31H46N4O6/c1-6-22(7-2)21-36-26(31-27(40-3)14-11-15-28(31)41-4)19-25(35-36)32(39)34-24(17-16-23-12-9-8-10-13-23)18-29(37)33-20-30(38)42-5;1-20(2)21(3)35-25(30-26(39-4)13-10-14-27(30)40-5)18-24(34-35)31(38)33-23(16-15-22-11-8-7-9-12-22)17-28(36)32-19-29(37)41-6;1-6-21(2)20-35-25(30-26(39-3)13-10-14-27(30)40-4)18-24(34-35)31(38)33-23(16-15-22-11-8-7-9-12-22)17-28(36)32-19-29(37)41-5/h11,14-15,19,22-24H,6-10,12-13,16-18,20-21H2,1-5H3,(H,33,37)(H,34,39);10,13-14,18,20-23H,7-9,11-12,15-17,19H2,1-6H3,(H,32,36)(H,33,38);10,13-14,18,21-23H,6-9,11-12,15-17,19-20H2,1-5H3,(H,32,36)(H,33,38)/t24-;2*21?,23-/m000/s1. The molecule has 6 N–H and O–H groups in total. The number of benzene rings is 3. The summed E-state index contributed by atoms with van der Waals surface area (Å²) in [6, 6.07) is 20.8. The van der Waals surface area contributed by atoms with Crippen molar-refractivity contribution in [3.63, 3.8) is 0 Å². The van der Waals surface area contributed by atoms with Crippen molar-refractivity contribution in [1.82, 2.24) is 61.2 Å². The zero-order valence-electron chi connectivity index (χ0n) is 76.4. The lowest BCUT2D eigenvalue weighted by molar-refractivity contribution is -0.141. The van der Waals surface area contributed by atoms with Gasteiger partial charge in [0.05, 0.1) is 104 Å². The number of esters is 3. The highest BCUT2D eigenvalue weighted by molar-refractivity contribution is 5.97. The summed E-state index contributed by atoms with van der Waals surface area (Å²) in [7, 11) is 13.4. The number of aromatic nitrogens is 6. The number of amides is 6. The van der Waals surface area contributed by atoms with Crippen molar-refractivity contribution in [2.24, 2.45) is 35.5 Å². The van der Waals surface area contributed by atoms with Gasteiger partial charge in [-0.2, -0.15) is 15.3 Å². The van der Waals surface area contributed by atoms with E-state index in [1.54, 1.807) is 60.9 Å². The van der Waals surface area contributed by atoms with Crippen molar-refractivity contribution in [2.75, 3.05) is 83.6 Å². The van der Waals surface area contributed by atoms with E-state index in [1.165, 1.54) is 118 Å². The van der Waals surface area contributed by atoms with E-state index in [0.717, 1.165) is 61.0 Å². The third-order valence-corrected chi connectivity index (χ3v) is 24.4. The van der Waals surface area contributed by atoms with Gasteiger partial charge in [-0.15, -0.1) is 0 Å². The smallest absolute Gasteiger partial charge is 0.325 e. The minimum absolute atomic E-state index is 0.0210. The molecule has 0 saturated heterocycles. The Kier molecular flexibility index (Phi) is 42.8. The number of nitrogens with one attached hydrogen (secondary N) is 6. The van der Waals surface area contributed by atoms with Crippen LogP contribution in [-0.2, 0) is 56.1 Å². The fourth-order valence-corrected chi connectivity index (χ4v) is 16.4. The average molecular weight is 1730 g/mol. The number of methoxy groups -OCH3 is 9. The van der Waals surface area contributed by atoms with Gasteiger partial charge in [-0.3, -0.25) is 57.2 Å². The van der Waals surface area contributed by atoms with E-state index in [1.807, 2.05) is 68.6 Å². The summed E-state index contributed by atoms with van der Waals surface area (Å²) in [5, 5.41) is 31.2. The van der Waals surface area contributed by atoms with Crippen LogP contribution in [0.25, 0.3) is 33.8 Å². The van der Waals surface area contributed by atoms with E-state index in [4.69, 9.17) is 43.7 Å². The van der Waals surface area contributed by atoms with Gasteiger partial charge in [0.2, 0.25) is 17.7 Å². The molecule has 3 saturated carbocycles. The second-order valence-electron chi connectivity index (χ2n) is 33.3. The normalized spacial score (nSPS) is 14.9. The van der Waals surface area contributed by atoms with E-state index in [2.05, 4.69) is 94.6 Å². The molecule has 0 bridgehead atoms. The van der Waals surface area contributed by atoms with E-state index < -0.39 is 36.0 Å². The molecule has 2 unspecified atom stereocenters. The third kappa shape index (κ3) is 30.9. The molecule has 0 spiro atoms. The Morgan fingerprint density at radius 2 is 0.677 bits per heavy atom. The topological polar surface area (TPSA) is 362 Å². The van der Waals surface area contributed by atoms with Gasteiger partial charge >= 0.3 is 17.9 Å². The largest absolute Gasteiger partial charge is 0.496 e. The molecule has 3 aromatic heterocycles. The summed E-state index contributed by atoms with van der Waals surface area (Å²) in [5.41, 5.74) is 5.11. The van der Waals surface area contributed by atoms with Gasteiger partial charge in [0.1, 0.15) is 54.1 Å². The highest BCUT2D eigenvalue weighted by Gasteiger charge is 2.32. The third-order valence-electron chi connectivity index (χ3n) is 24.4. The number of rotatable bonds is 45. The lowest BCUT2D eigenvalue weighted by Gasteiger charge is -2.24. The second-order valence-corrected chi connectivity index (χ2v) is 33.3. The Hall–Kier alpha value is -10.7. The molecule has 5 atom stereocenters. The predicted molar refractivity (Wildman–Crippen MR) is 475 cm³/mol. The van der Waals surface area contributed by atoms with Crippen LogP contribution in [-0.4, -0.2) is 184 Å². The number of nitrogens with zero attached hydrogens (tertiary/aromatic N) is 6. The molecule has 9 rings (SSSR count). The van der Waals surface area contributed by atoms with Crippen molar-refractivity contribution in [2.45, 2.75) is 259 Å². The van der Waals surface area contributed by atoms with Gasteiger partial charge in [0.25, 0.3) is 17.7 Å². The Balaban J connectivity index is 0.000000256. The number of carbonyl (C=O) groups excluding carboxylic acids is 9. The summed E-state index contributed by atoms with van der Waals surface area (Å²) < 4.78 is 53.4. The summed E-state index contributed by atoms with van der Waals surface area (Å²) in [6.45, 7) is 15.4. The van der Waals surface area contributed by atoms with Crippen LogP contribution in [0.2, 0.25) is 0 Å². The molecule has 6 aromatic rings. The number of hydrogen-bond donors (Lipinski definition) is 6. The van der Waals surface area contributed by atoms with Crippen molar-refractivity contribution in [1.29, 1.82) is 0 Å². The molecule has 6 amide bonds. The fraction of sp³-hybridized carbons (Fsp3) is 0.617. The first kappa shape index (κ1) is 100. The first-order valence-electron chi connectivity index (χ1n) is 44.6. The van der Waals surface area contributed by atoms with Crippen molar-refractivity contribution in [3.05, 3.63) is 89.9 Å². The quantitative estimate of drug-likeness (QED) is 0.0153. The number of ether oxygens (including phenoxy) is 9. The SMILES string of the molecule is CCC(C)Cn1nc(C(=O)N[C@@H](CCC2CCCCC2)CC(=O)NCC(=O)OC)cc1-c1c(OC)cccc1OC.CCC(CC)Cn1nc(C(=O)N[C@@H](CCC2CCCCC2)CC(=O)NCC(=O)OC)cc1-c1c(OC)cccc1OC.COC(=O)CNC(=O)C[C@H](CCC1CCCCC1)NC(=O)c1cc(-c2c(OC)cccc2OC)n(C(C)C(C)C)n1. The molecule has 30 nitrogen and oxygen atoms in total. The molecule has 3 aromatic carbocycles. The Bertz CT molecular complexity index is 4290. The summed E-state index contributed by atoms with van der Waals surface area (Å²) >= 11 is 0. The van der Waals surface area contributed by atoms with Gasteiger partial charge < -0.3 is 74.5 Å². The second kappa shape index (κ2) is 52.8. The fourth-order valence-electron chi connectivity index (χ4n) is 16.4. The van der Waals surface area contributed by atoms with Gasteiger partial charge in [-0.1, -0.05) is 175 Å². The van der Waals surface area contributed by atoms with Crippen LogP contribution in [0.15, 0.2) is 72.8 Å². The zero-order chi connectivity index (χ0) is 90.2. The highest BCUT2D eigenvalue weighted by Crippen LogP contribution is 2.43. The molecular weight excluding hydrogens is 1590 g/mol. The molecular formula is C94H140N12O18. The van der Waals surface area contributed by atoms with E-state index in [0.29, 0.717) is 108 Å². The van der Waals surface area contributed by atoms with Crippen LogP contribution in [0.5, 0.6) is 34.5 Å². The maximum atomic E-state index is 13.7. The first-order valence-corrected chi connectivity index (χ1v) is 44.6. The monoisotopic (exact) mass is 1730 g/mol. The van der Waals surface area contributed by atoms with Gasteiger partial charge in [-0.25, -0.2) is 0 Å². The Morgan fingerprint density at radius 3 is 0.960 bits per heavy atom. The minimum atomic E-state index is -0.523.